The second kappa shape index (κ2) is 6.80. The molecule has 0 bridgehead atoms. The number of carboxylic acids is 1. The van der Waals surface area contributed by atoms with Gasteiger partial charge in [0.05, 0.1) is 10.4 Å². The van der Waals surface area contributed by atoms with Crippen molar-refractivity contribution in [2.75, 3.05) is 13.1 Å². The molecule has 1 N–H and O–H groups in total. The molecule has 5 nitrogen and oxygen atoms in total. The summed E-state index contributed by atoms with van der Waals surface area (Å²) >= 11 is 1.18. The summed E-state index contributed by atoms with van der Waals surface area (Å²) in [5.41, 5.74) is -2.96. The van der Waals surface area contributed by atoms with Gasteiger partial charge < -0.3 is 10.0 Å². The van der Waals surface area contributed by atoms with E-state index >= 15 is 0 Å². The third-order valence-electron chi connectivity index (χ3n) is 4.66. The third kappa shape index (κ3) is 3.23. The van der Waals surface area contributed by atoms with Crippen LogP contribution in [0.1, 0.15) is 32.0 Å². The number of thiophene rings is 1. The summed E-state index contributed by atoms with van der Waals surface area (Å²) < 4.78 is 40.0. The van der Waals surface area contributed by atoms with Gasteiger partial charge in [-0.2, -0.15) is 13.2 Å². The van der Waals surface area contributed by atoms with Crippen molar-refractivity contribution >= 4 is 29.0 Å². The van der Waals surface area contributed by atoms with E-state index in [4.69, 9.17) is 5.11 Å². The minimum Gasteiger partial charge on any atom is -0.481 e. The Morgan fingerprint density at radius 2 is 1.74 bits per heavy atom. The van der Waals surface area contributed by atoms with Crippen LogP contribution in [0.5, 0.6) is 0 Å². The number of amides is 1. The molecule has 1 fully saturated rings. The van der Waals surface area contributed by atoms with Gasteiger partial charge in [-0.1, -0.05) is 24.3 Å². The summed E-state index contributed by atoms with van der Waals surface area (Å²) in [5.74, 6) is -3.20. The van der Waals surface area contributed by atoms with E-state index in [1.807, 2.05) is 0 Å². The number of hydrogen-bond donors (Lipinski definition) is 1. The molecule has 2 aromatic rings. The predicted molar refractivity (Wildman–Crippen MR) is 90.8 cm³/mol. The molecule has 0 saturated carbocycles. The Hall–Kier alpha value is -2.68. The standard InChI is InChI=1S/C18H14F3NO4S/c19-18(20,21)17(16(25)26)7-8-22(10-17)15(24)12-5-2-1-4-11(12)14(23)13-6-3-9-27-13/h1-6,9H,7-8,10H2,(H,25,26). The highest BCUT2D eigenvalue weighted by molar-refractivity contribution is 7.12. The third-order valence-corrected chi connectivity index (χ3v) is 5.52. The first kappa shape index (κ1) is 19.1. The molecule has 9 heteroatoms. The lowest BCUT2D eigenvalue weighted by molar-refractivity contribution is -0.227. The van der Waals surface area contributed by atoms with Crippen molar-refractivity contribution in [2.45, 2.75) is 12.6 Å². The van der Waals surface area contributed by atoms with Crippen molar-refractivity contribution in [3.05, 3.63) is 57.8 Å². The van der Waals surface area contributed by atoms with Crippen LogP contribution in [0.2, 0.25) is 0 Å². The largest absolute Gasteiger partial charge is 0.481 e. The van der Waals surface area contributed by atoms with Crippen LogP contribution in [-0.2, 0) is 4.79 Å². The van der Waals surface area contributed by atoms with Crippen LogP contribution < -0.4 is 0 Å². The molecular formula is C18H14F3NO4S. The van der Waals surface area contributed by atoms with Crippen LogP contribution in [0.25, 0.3) is 0 Å². The van der Waals surface area contributed by atoms with E-state index in [0.717, 1.165) is 4.90 Å². The van der Waals surface area contributed by atoms with E-state index in [2.05, 4.69) is 0 Å². The van der Waals surface area contributed by atoms with Gasteiger partial charge in [-0.25, -0.2) is 0 Å². The SMILES string of the molecule is O=C(c1cccs1)c1ccccc1C(=O)N1CCC(C(=O)O)(C(F)(F)F)C1. The van der Waals surface area contributed by atoms with Gasteiger partial charge in [0.25, 0.3) is 5.91 Å². The first-order chi connectivity index (χ1) is 12.7. The molecule has 0 spiro atoms. The molecule has 0 radical (unpaired) electrons. The molecule has 0 aliphatic carbocycles. The summed E-state index contributed by atoms with van der Waals surface area (Å²) in [6.07, 6.45) is -5.71. The molecule has 1 amide bonds. The molecule has 2 heterocycles. The Bertz CT molecular complexity index is 894. The zero-order valence-corrected chi connectivity index (χ0v) is 14.6. The highest BCUT2D eigenvalue weighted by Gasteiger charge is 2.64. The van der Waals surface area contributed by atoms with Crippen molar-refractivity contribution in [3.63, 3.8) is 0 Å². The molecule has 1 aliphatic heterocycles. The number of halogens is 3. The van der Waals surface area contributed by atoms with Gasteiger partial charge >= 0.3 is 12.1 Å². The number of likely N-dealkylation sites (tertiary alicyclic amines) is 1. The van der Waals surface area contributed by atoms with Crippen molar-refractivity contribution in [1.29, 1.82) is 0 Å². The Kier molecular flexibility index (Phi) is 4.81. The fraction of sp³-hybridized carbons (Fsp3) is 0.278. The average Bonchev–Trinajstić information content (AvgIpc) is 3.30. The topological polar surface area (TPSA) is 74.7 Å². The monoisotopic (exact) mass is 397 g/mol. The lowest BCUT2D eigenvalue weighted by Gasteiger charge is -2.27. The van der Waals surface area contributed by atoms with Gasteiger partial charge in [0.1, 0.15) is 0 Å². The minimum atomic E-state index is -4.99. The number of benzene rings is 1. The van der Waals surface area contributed by atoms with Crippen molar-refractivity contribution in [2.24, 2.45) is 5.41 Å². The summed E-state index contributed by atoms with van der Waals surface area (Å²) in [6, 6.07) is 9.11. The molecule has 1 aromatic heterocycles. The molecule has 1 atom stereocenters. The molecular weight excluding hydrogens is 383 g/mol. The van der Waals surface area contributed by atoms with Gasteiger partial charge in [0.15, 0.2) is 5.41 Å². The number of hydrogen-bond acceptors (Lipinski definition) is 4. The molecule has 3 rings (SSSR count). The number of nitrogens with zero attached hydrogens (tertiary/aromatic N) is 1. The second-order valence-corrected chi connectivity index (χ2v) is 7.16. The van der Waals surface area contributed by atoms with Gasteiger partial charge in [-0.05, 0) is 23.9 Å². The van der Waals surface area contributed by atoms with Crippen molar-refractivity contribution in [1.82, 2.24) is 4.90 Å². The molecule has 1 aromatic carbocycles. The average molecular weight is 397 g/mol. The smallest absolute Gasteiger partial charge is 0.406 e. The molecule has 142 valence electrons. The lowest BCUT2D eigenvalue weighted by Crippen LogP contribution is -2.47. The van der Waals surface area contributed by atoms with Gasteiger partial charge in [-0.15, -0.1) is 11.3 Å². The Morgan fingerprint density at radius 1 is 1.07 bits per heavy atom. The van der Waals surface area contributed by atoms with Gasteiger partial charge in [-0.3, -0.25) is 14.4 Å². The summed E-state index contributed by atoms with van der Waals surface area (Å²) in [5, 5.41) is 10.8. The number of ketones is 1. The first-order valence-electron chi connectivity index (χ1n) is 7.94. The van der Waals surface area contributed by atoms with E-state index < -0.39 is 42.2 Å². The van der Waals surface area contributed by atoms with Gasteiger partial charge in [0, 0.05) is 18.7 Å². The van der Waals surface area contributed by atoms with Crippen LogP contribution in [-0.4, -0.2) is 46.9 Å². The van der Waals surface area contributed by atoms with Crippen LogP contribution in [0.15, 0.2) is 41.8 Å². The van der Waals surface area contributed by atoms with Gasteiger partial charge in [0.2, 0.25) is 5.78 Å². The number of carbonyl (C=O) groups is 3. The highest BCUT2D eigenvalue weighted by Crippen LogP contribution is 2.46. The zero-order chi connectivity index (χ0) is 19.8. The van der Waals surface area contributed by atoms with Crippen LogP contribution in [0.4, 0.5) is 13.2 Å². The summed E-state index contributed by atoms with van der Waals surface area (Å²) in [7, 11) is 0. The maximum Gasteiger partial charge on any atom is 0.406 e. The maximum absolute atomic E-state index is 13.3. The number of carbonyl (C=O) groups excluding carboxylic acids is 2. The summed E-state index contributed by atoms with van der Waals surface area (Å²) in [4.78, 5) is 37.9. The first-order valence-corrected chi connectivity index (χ1v) is 8.82. The Morgan fingerprint density at radius 3 is 2.26 bits per heavy atom. The molecule has 1 aliphatic rings. The van der Waals surface area contributed by atoms with E-state index in [9.17, 15) is 27.6 Å². The Labute approximate surface area is 156 Å². The van der Waals surface area contributed by atoms with Crippen LogP contribution >= 0.6 is 11.3 Å². The number of rotatable bonds is 4. The maximum atomic E-state index is 13.3. The quantitative estimate of drug-likeness (QED) is 0.802. The van der Waals surface area contributed by atoms with E-state index in [-0.39, 0.29) is 17.7 Å². The fourth-order valence-corrected chi connectivity index (χ4v) is 3.77. The van der Waals surface area contributed by atoms with Crippen LogP contribution in [0.3, 0.4) is 0 Å². The van der Waals surface area contributed by atoms with E-state index in [1.54, 1.807) is 23.6 Å². The molecule has 27 heavy (non-hydrogen) atoms. The summed E-state index contributed by atoms with van der Waals surface area (Å²) in [6.45, 7) is -1.33. The molecule has 1 unspecified atom stereocenters. The molecule has 1 saturated heterocycles. The normalized spacial score (nSPS) is 19.9. The number of aliphatic carboxylic acids is 1. The number of alkyl halides is 3. The van der Waals surface area contributed by atoms with E-state index in [0.29, 0.717) is 4.88 Å². The predicted octanol–water partition coefficient (Wildman–Crippen LogP) is 3.46. The lowest BCUT2D eigenvalue weighted by atomic mass is 9.86. The Balaban J connectivity index is 1.92. The zero-order valence-electron chi connectivity index (χ0n) is 13.8. The number of carboxylic acid groups (broad SMARTS) is 1. The van der Waals surface area contributed by atoms with Crippen LogP contribution in [0, 0.1) is 5.41 Å². The van der Waals surface area contributed by atoms with Crippen molar-refractivity contribution < 1.29 is 32.7 Å². The second-order valence-electron chi connectivity index (χ2n) is 6.21. The fourth-order valence-electron chi connectivity index (χ4n) is 3.09. The minimum absolute atomic E-state index is 0.0423. The van der Waals surface area contributed by atoms with E-state index in [1.165, 1.54) is 29.5 Å². The van der Waals surface area contributed by atoms with Crippen molar-refractivity contribution in [3.8, 4) is 0 Å². The highest BCUT2D eigenvalue weighted by atomic mass is 32.1.